The molecule has 3 heteroatoms. The van der Waals surface area contributed by atoms with E-state index in [0.717, 1.165) is 10.9 Å². The van der Waals surface area contributed by atoms with Crippen LogP contribution in [0.3, 0.4) is 0 Å². The lowest BCUT2D eigenvalue weighted by Gasteiger charge is -2.18. The third-order valence-electron chi connectivity index (χ3n) is 3.33. The van der Waals surface area contributed by atoms with E-state index in [0.29, 0.717) is 0 Å². The maximum absolute atomic E-state index is 3.45. The van der Waals surface area contributed by atoms with Crippen LogP contribution in [0.2, 0.25) is 0 Å². The monoisotopic (exact) mass is 293 g/mol. The van der Waals surface area contributed by atoms with Gasteiger partial charge in [0.05, 0.1) is 0 Å². The molecule has 0 saturated heterocycles. The second kappa shape index (κ2) is 4.65. The van der Waals surface area contributed by atoms with Crippen molar-refractivity contribution in [1.29, 1.82) is 0 Å². The lowest BCUT2D eigenvalue weighted by Crippen LogP contribution is -2.50. The van der Waals surface area contributed by atoms with Crippen LogP contribution in [0.5, 0.6) is 0 Å². The third-order valence-corrected chi connectivity index (χ3v) is 3.85. The first-order chi connectivity index (χ1) is 8.03. The van der Waals surface area contributed by atoms with E-state index < -0.39 is 0 Å². The van der Waals surface area contributed by atoms with Gasteiger partial charge in [0.25, 0.3) is 0 Å². The predicted molar refractivity (Wildman–Crippen MR) is 73.3 cm³/mol. The van der Waals surface area contributed by atoms with Crippen molar-refractivity contribution < 1.29 is 4.57 Å². The molecule has 0 aliphatic rings. The van der Waals surface area contributed by atoms with Crippen LogP contribution in [0.1, 0.15) is 27.2 Å². The van der Waals surface area contributed by atoms with Crippen molar-refractivity contribution in [2.24, 2.45) is 0 Å². The number of hydrogen-bond acceptors (Lipinski definition) is 0. The quantitative estimate of drug-likeness (QED) is 0.764. The number of nitrogens with zero attached hydrogens (tertiary/aromatic N) is 2. The minimum Gasteiger partial charge on any atom is -0.232 e. The molecule has 0 unspecified atom stereocenters. The average Bonchev–Trinajstić information content (AvgIpc) is 2.80. The van der Waals surface area contributed by atoms with Crippen molar-refractivity contribution in [2.75, 3.05) is 0 Å². The standard InChI is InChI=1S/C14H18BrN2/c1-4-14(2,3)17-10-9-16(11-17)13-7-5-12(15)6-8-13/h5-11H,4H2,1-3H3/q+1. The maximum Gasteiger partial charge on any atom is 0.249 e. The second-order valence-electron chi connectivity index (χ2n) is 4.87. The molecule has 0 saturated carbocycles. The van der Waals surface area contributed by atoms with E-state index in [4.69, 9.17) is 0 Å². The molecule has 2 rings (SSSR count). The molecule has 0 aliphatic carbocycles. The van der Waals surface area contributed by atoms with Crippen LogP contribution in [0, 0.1) is 0 Å². The Balaban J connectivity index is 2.33. The molecule has 0 radical (unpaired) electrons. The van der Waals surface area contributed by atoms with Crippen molar-refractivity contribution in [3.05, 3.63) is 47.5 Å². The molecule has 17 heavy (non-hydrogen) atoms. The number of benzene rings is 1. The SMILES string of the molecule is CCC(C)(C)[n+]1ccn(-c2ccc(Br)cc2)c1. The molecule has 1 aromatic carbocycles. The summed E-state index contributed by atoms with van der Waals surface area (Å²) in [5, 5.41) is 0. The third kappa shape index (κ3) is 2.60. The topological polar surface area (TPSA) is 8.81 Å². The first-order valence-corrected chi connectivity index (χ1v) is 6.68. The minimum absolute atomic E-state index is 0.167. The van der Waals surface area contributed by atoms with Crippen LogP contribution in [0.25, 0.3) is 5.69 Å². The highest BCUT2D eigenvalue weighted by atomic mass is 79.9. The molecule has 0 bridgehead atoms. The second-order valence-corrected chi connectivity index (χ2v) is 5.79. The Morgan fingerprint density at radius 1 is 1.24 bits per heavy atom. The number of aromatic nitrogens is 2. The highest BCUT2D eigenvalue weighted by Crippen LogP contribution is 2.15. The molecule has 0 spiro atoms. The van der Waals surface area contributed by atoms with Gasteiger partial charge in [0.1, 0.15) is 23.6 Å². The van der Waals surface area contributed by atoms with Crippen LogP contribution >= 0.6 is 15.9 Å². The maximum atomic E-state index is 3.45. The largest absolute Gasteiger partial charge is 0.249 e. The lowest BCUT2D eigenvalue weighted by atomic mass is 10.0. The van der Waals surface area contributed by atoms with E-state index >= 15 is 0 Å². The summed E-state index contributed by atoms with van der Waals surface area (Å²) in [7, 11) is 0. The zero-order chi connectivity index (χ0) is 12.5. The highest BCUT2D eigenvalue weighted by Gasteiger charge is 2.23. The Kier molecular flexibility index (Phi) is 3.38. The fourth-order valence-electron chi connectivity index (χ4n) is 1.66. The summed E-state index contributed by atoms with van der Waals surface area (Å²) in [6.45, 7) is 6.71. The Morgan fingerprint density at radius 3 is 2.47 bits per heavy atom. The molecule has 90 valence electrons. The molecule has 1 heterocycles. The van der Waals surface area contributed by atoms with Gasteiger partial charge in [-0.05, 0) is 44.5 Å². The van der Waals surface area contributed by atoms with Crippen LogP contribution in [0.15, 0.2) is 47.5 Å². The number of imidazole rings is 1. The van der Waals surface area contributed by atoms with Crippen molar-refractivity contribution in [3.8, 4) is 5.69 Å². The molecule has 2 aromatic rings. The first kappa shape index (κ1) is 12.4. The summed E-state index contributed by atoms with van der Waals surface area (Å²) in [6, 6.07) is 8.33. The van der Waals surface area contributed by atoms with Gasteiger partial charge in [-0.2, -0.15) is 0 Å². The highest BCUT2D eigenvalue weighted by molar-refractivity contribution is 9.10. The Hall–Kier alpha value is -1.09. The van der Waals surface area contributed by atoms with Crippen LogP contribution < -0.4 is 4.57 Å². The van der Waals surface area contributed by atoms with Gasteiger partial charge in [-0.3, -0.25) is 0 Å². The number of hydrogen-bond donors (Lipinski definition) is 0. The van der Waals surface area contributed by atoms with E-state index in [9.17, 15) is 0 Å². The first-order valence-electron chi connectivity index (χ1n) is 5.88. The van der Waals surface area contributed by atoms with Gasteiger partial charge in [-0.25, -0.2) is 9.13 Å². The molecular formula is C14H18BrN2+. The number of halogens is 1. The summed E-state index contributed by atoms with van der Waals surface area (Å²) >= 11 is 3.45. The van der Waals surface area contributed by atoms with Gasteiger partial charge in [0, 0.05) is 4.47 Å². The summed E-state index contributed by atoms with van der Waals surface area (Å²) in [5.41, 5.74) is 1.35. The van der Waals surface area contributed by atoms with Crippen LogP contribution in [0.4, 0.5) is 0 Å². The van der Waals surface area contributed by atoms with Gasteiger partial charge in [-0.1, -0.05) is 22.9 Å². The molecule has 0 fully saturated rings. The minimum atomic E-state index is 0.167. The fourth-order valence-corrected chi connectivity index (χ4v) is 1.93. The molecule has 2 nitrogen and oxygen atoms in total. The zero-order valence-electron chi connectivity index (χ0n) is 10.5. The normalized spacial score (nSPS) is 11.8. The molecule has 0 atom stereocenters. The van der Waals surface area contributed by atoms with Crippen LogP contribution in [-0.2, 0) is 5.54 Å². The Labute approximate surface area is 111 Å². The smallest absolute Gasteiger partial charge is 0.232 e. The zero-order valence-corrected chi connectivity index (χ0v) is 12.1. The van der Waals surface area contributed by atoms with Gasteiger partial charge >= 0.3 is 0 Å². The average molecular weight is 294 g/mol. The lowest BCUT2D eigenvalue weighted by molar-refractivity contribution is -0.757. The predicted octanol–water partition coefficient (Wildman–Crippen LogP) is 3.67. The summed E-state index contributed by atoms with van der Waals surface area (Å²) in [4.78, 5) is 0. The number of rotatable bonds is 3. The van der Waals surface area contributed by atoms with Gasteiger partial charge in [0.15, 0.2) is 0 Å². The van der Waals surface area contributed by atoms with Gasteiger partial charge in [-0.15, -0.1) is 0 Å². The molecule has 0 amide bonds. The van der Waals surface area contributed by atoms with E-state index in [2.05, 4.69) is 88.8 Å². The Bertz CT molecular complexity index is 497. The summed E-state index contributed by atoms with van der Waals surface area (Å²) in [5.74, 6) is 0. The fraction of sp³-hybridized carbons (Fsp3) is 0.357. The van der Waals surface area contributed by atoms with Gasteiger partial charge in [0.2, 0.25) is 6.33 Å². The summed E-state index contributed by atoms with van der Waals surface area (Å²) in [6.07, 6.45) is 7.49. The van der Waals surface area contributed by atoms with Crippen LogP contribution in [-0.4, -0.2) is 4.57 Å². The van der Waals surface area contributed by atoms with Crippen molar-refractivity contribution in [3.63, 3.8) is 0 Å². The molecule has 0 aliphatic heterocycles. The molecule has 1 aromatic heterocycles. The van der Waals surface area contributed by atoms with E-state index in [1.165, 1.54) is 5.69 Å². The van der Waals surface area contributed by atoms with Crippen molar-refractivity contribution >= 4 is 15.9 Å². The van der Waals surface area contributed by atoms with E-state index in [1.54, 1.807) is 0 Å². The van der Waals surface area contributed by atoms with E-state index in [1.807, 2.05) is 0 Å². The van der Waals surface area contributed by atoms with Crippen molar-refractivity contribution in [1.82, 2.24) is 4.57 Å². The summed E-state index contributed by atoms with van der Waals surface area (Å²) < 4.78 is 5.51. The van der Waals surface area contributed by atoms with Gasteiger partial charge < -0.3 is 0 Å². The van der Waals surface area contributed by atoms with E-state index in [-0.39, 0.29) is 5.54 Å². The molecule has 0 N–H and O–H groups in total. The molecular weight excluding hydrogens is 276 g/mol. The Morgan fingerprint density at radius 2 is 1.88 bits per heavy atom. The van der Waals surface area contributed by atoms with Crippen molar-refractivity contribution in [2.45, 2.75) is 32.7 Å².